The molecule has 0 atom stereocenters. The van der Waals surface area contributed by atoms with Crippen molar-refractivity contribution in [2.24, 2.45) is 5.41 Å². The molecule has 0 amide bonds. The standard InChI is InChI=1S/C17H18O4/c1-12-10-17(15(18)20-2,16(19)21-3)11-14(12)9-13-7-5-4-6-8-13/h4-9H,1,10-11H2,2-3H3/b14-9-. The van der Waals surface area contributed by atoms with Crippen molar-refractivity contribution in [1.82, 2.24) is 0 Å². The molecule has 0 aromatic heterocycles. The van der Waals surface area contributed by atoms with Gasteiger partial charge in [-0.25, -0.2) is 0 Å². The Bertz CT molecular complexity index is 582. The van der Waals surface area contributed by atoms with E-state index in [0.29, 0.717) is 0 Å². The van der Waals surface area contributed by atoms with Gasteiger partial charge in [-0.15, -0.1) is 0 Å². The van der Waals surface area contributed by atoms with E-state index in [1.807, 2.05) is 36.4 Å². The van der Waals surface area contributed by atoms with Crippen molar-refractivity contribution < 1.29 is 19.1 Å². The van der Waals surface area contributed by atoms with E-state index in [2.05, 4.69) is 6.58 Å². The minimum atomic E-state index is -1.30. The minimum absolute atomic E-state index is 0.227. The highest BCUT2D eigenvalue weighted by Gasteiger charge is 2.53. The quantitative estimate of drug-likeness (QED) is 0.633. The number of hydrogen-bond donors (Lipinski definition) is 0. The Labute approximate surface area is 124 Å². The molecule has 21 heavy (non-hydrogen) atoms. The van der Waals surface area contributed by atoms with E-state index in [4.69, 9.17) is 9.47 Å². The fraction of sp³-hybridized carbons (Fsp3) is 0.294. The molecule has 1 aromatic carbocycles. The van der Waals surface area contributed by atoms with Gasteiger partial charge in [0.05, 0.1) is 14.2 Å². The molecule has 1 fully saturated rings. The van der Waals surface area contributed by atoms with E-state index >= 15 is 0 Å². The topological polar surface area (TPSA) is 52.6 Å². The molecule has 0 unspecified atom stereocenters. The second-order valence-electron chi connectivity index (χ2n) is 5.10. The van der Waals surface area contributed by atoms with Crippen LogP contribution in [0.15, 0.2) is 48.1 Å². The number of ether oxygens (including phenoxy) is 2. The van der Waals surface area contributed by atoms with E-state index in [1.165, 1.54) is 14.2 Å². The summed E-state index contributed by atoms with van der Waals surface area (Å²) in [7, 11) is 2.55. The third-order valence-corrected chi connectivity index (χ3v) is 3.75. The molecule has 0 bridgehead atoms. The largest absolute Gasteiger partial charge is 0.468 e. The van der Waals surface area contributed by atoms with Gasteiger partial charge < -0.3 is 9.47 Å². The first kappa shape index (κ1) is 15.0. The van der Waals surface area contributed by atoms with E-state index in [0.717, 1.165) is 16.7 Å². The number of hydrogen-bond acceptors (Lipinski definition) is 4. The van der Waals surface area contributed by atoms with Crippen LogP contribution in [0.4, 0.5) is 0 Å². The molecule has 0 heterocycles. The second kappa shape index (κ2) is 5.95. The molecule has 4 nitrogen and oxygen atoms in total. The summed E-state index contributed by atoms with van der Waals surface area (Å²) in [6.07, 6.45) is 2.42. The summed E-state index contributed by atoms with van der Waals surface area (Å²) in [6, 6.07) is 9.70. The molecule has 0 saturated heterocycles. The molecular formula is C17H18O4. The Balaban J connectivity index is 2.38. The third-order valence-electron chi connectivity index (χ3n) is 3.75. The smallest absolute Gasteiger partial charge is 0.323 e. The van der Waals surface area contributed by atoms with E-state index in [-0.39, 0.29) is 12.8 Å². The fourth-order valence-electron chi connectivity index (χ4n) is 2.66. The highest BCUT2D eigenvalue weighted by Crippen LogP contribution is 2.46. The number of methoxy groups -OCH3 is 2. The maximum atomic E-state index is 12.1. The van der Waals surface area contributed by atoms with Gasteiger partial charge in [-0.1, -0.05) is 48.6 Å². The maximum Gasteiger partial charge on any atom is 0.323 e. The molecule has 4 heteroatoms. The van der Waals surface area contributed by atoms with Crippen LogP contribution in [0.25, 0.3) is 6.08 Å². The summed E-state index contributed by atoms with van der Waals surface area (Å²) in [5.41, 5.74) is 1.33. The number of carbonyl (C=O) groups is 2. The second-order valence-corrected chi connectivity index (χ2v) is 5.10. The average Bonchev–Trinajstić information content (AvgIpc) is 2.84. The highest BCUT2D eigenvalue weighted by molar-refractivity contribution is 6.02. The first-order valence-corrected chi connectivity index (χ1v) is 6.64. The van der Waals surface area contributed by atoms with Gasteiger partial charge in [-0.05, 0) is 24.0 Å². The van der Waals surface area contributed by atoms with Crippen LogP contribution < -0.4 is 0 Å². The molecule has 1 aliphatic carbocycles. The molecule has 0 spiro atoms. The molecule has 0 N–H and O–H groups in total. The van der Waals surface area contributed by atoms with E-state index < -0.39 is 17.4 Å². The van der Waals surface area contributed by atoms with Crippen LogP contribution in [-0.4, -0.2) is 26.2 Å². The van der Waals surface area contributed by atoms with Gasteiger partial charge in [0.15, 0.2) is 5.41 Å². The zero-order chi connectivity index (χ0) is 15.5. The summed E-state index contributed by atoms with van der Waals surface area (Å²) in [4.78, 5) is 24.2. The SMILES string of the molecule is C=C1CC(C(=O)OC)(C(=O)OC)C/C1=C/c1ccccc1. The van der Waals surface area contributed by atoms with Crippen LogP contribution in [0.2, 0.25) is 0 Å². The molecule has 0 aliphatic heterocycles. The molecule has 1 aliphatic rings. The third kappa shape index (κ3) is 2.75. The Morgan fingerprint density at radius 3 is 2.19 bits per heavy atom. The first-order chi connectivity index (χ1) is 10.0. The lowest BCUT2D eigenvalue weighted by Gasteiger charge is -2.21. The van der Waals surface area contributed by atoms with Gasteiger partial charge in [0, 0.05) is 0 Å². The molecule has 1 saturated carbocycles. The predicted octanol–water partition coefficient (Wildman–Crippen LogP) is 2.75. The average molecular weight is 286 g/mol. The monoisotopic (exact) mass is 286 g/mol. The molecular weight excluding hydrogens is 268 g/mol. The summed E-state index contributed by atoms with van der Waals surface area (Å²) in [5, 5.41) is 0. The van der Waals surface area contributed by atoms with Crippen molar-refractivity contribution in [3.8, 4) is 0 Å². The van der Waals surface area contributed by atoms with Crippen molar-refractivity contribution in [3.63, 3.8) is 0 Å². The number of benzene rings is 1. The summed E-state index contributed by atoms with van der Waals surface area (Å²) >= 11 is 0. The van der Waals surface area contributed by atoms with Gasteiger partial charge in [0.1, 0.15) is 0 Å². The lowest BCUT2D eigenvalue weighted by molar-refractivity contribution is -0.168. The lowest BCUT2D eigenvalue weighted by Crippen LogP contribution is -2.38. The molecule has 110 valence electrons. The van der Waals surface area contributed by atoms with Gasteiger partial charge in [-0.2, -0.15) is 0 Å². The summed E-state index contributed by atoms with van der Waals surface area (Å²) < 4.78 is 9.60. The predicted molar refractivity (Wildman–Crippen MR) is 79.3 cm³/mol. The molecule has 1 aromatic rings. The van der Waals surface area contributed by atoms with Crippen LogP contribution in [-0.2, 0) is 19.1 Å². The van der Waals surface area contributed by atoms with E-state index in [1.54, 1.807) is 0 Å². The van der Waals surface area contributed by atoms with Gasteiger partial charge >= 0.3 is 11.9 Å². The number of allylic oxidation sites excluding steroid dienone is 2. The first-order valence-electron chi connectivity index (χ1n) is 6.64. The van der Waals surface area contributed by atoms with Crippen LogP contribution in [0, 0.1) is 5.41 Å². The molecule has 0 radical (unpaired) electrons. The van der Waals surface area contributed by atoms with Crippen molar-refractivity contribution in [2.75, 3.05) is 14.2 Å². The van der Waals surface area contributed by atoms with Crippen molar-refractivity contribution in [2.45, 2.75) is 12.8 Å². The number of rotatable bonds is 3. The Kier molecular flexibility index (Phi) is 4.26. The van der Waals surface area contributed by atoms with Crippen LogP contribution in [0.1, 0.15) is 18.4 Å². The van der Waals surface area contributed by atoms with Gasteiger partial charge in [-0.3, -0.25) is 9.59 Å². The lowest BCUT2D eigenvalue weighted by atomic mass is 9.85. The Morgan fingerprint density at radius 2 is 1.67 bits per heavy atom. The summed E-state index contributed by atoms with van der Waals surface area (Å²) in [5.74, 6) is -1.15. The minimum Gasteiger partial charge on any atom is -0.468 e. The number of carbonyl (C=O) groups excluding carboxylic acids is 2. The van der Waals surface area contributed by atoms with E-state index in [9.17, 15) is 9.59 Å². The molecule has 2 rings (SSSR count). The summed E-state index contributed by atoms with van der Waals surface area (Å²) in [6.45, 7) is 3.98. The normalized spacial score (nSPS) is 18.6. The van der Waals surface area contributed by atoms with Gasteiger partial charge in [0.2, 0.25) is 0 Å². The zero-order valence-corrected chi connectivity index (χ0v) is 12.2. The Morgan fingerprint density at radius 1 is 1.10 bits per heavy atom. The maximum absolute atomic E-state index is 12.1. The highest BCUT2D eigenvalue weighted by atomic mass is 16.5. The zero-order valence-electron chi connectivity index (χ0n) is 12.2. The fourth-order valence-corrected chi connectivity index (χ4v) is 2.66. The number of esters is 2. The van der Waals surface area contributed by atoms with Crippen LogP contribution in [0.3, 0.4) is 0 Å². The van der Waals surface area contributed by atoms with Gasteiger partial charge in [0.25, 0.3) is 0 Å². The van der Waals surface area contributed by atoms with Crippen LogP contribution in [0.5, 0.6) is 0 Å². The van der Waals surface area contributed by atoms with Crippen molar-refractivity contribution in [1.29, 1.82) is 0 Å². The Hall–Kier alpha value is -2.36. The van der Waals surface area contributed by atoms with Crippen molar-refractivity contribution >= 4 is 18.0 Å². The van der Waals surface area contributed by atoms with Crippen LogP contribution >= 0.6 is 0 Å². The van der Waals surface area contributed by atoms with Crippen molar-refractivity contribution in [3.05, 3.63) is 53.6 Å².